The van der Waals surface area contributed by atoms with Crippen molar-refractivity contribution in [1.29, 1.82) is 15.8 Å². The second-order valence-corrected chi connectivity index (χ2v) is 6.10. The molecule has 0 spiro atoms. The molecular formula is C20H12N4. The molecular weight excluding hydrogens is 296 g/mol. The maximum Gasteiger partial charge on any atom is 0.191 e. The number of allylic oxidation sites excluding steroid dienone is 2. The van der Waals surface area contributed by atoms with Gasteiger partial charge < -0.3 is 5.73 Å². The van der Waals surface area contributed by atoms with Crippen LogP contribution in [0.25, 0.3) is 11.1 Å². The molecule has 0 aliphatic heterocycles. The first-order valence-electron chi connectivity index (χ1n) is 7.60. The van der Waals surface area contributed by atoms with E-state index in [2.05, 4.69) is 18.2 Å². The molecule has 0 aromatic heterocycles. The molecule has 0 bridgehead atoms. The van der Waals surface area contributed by atoms with E-state index >= 15 is 0 Å². The van der Waals surface area contributed by atoms with E-state index in [-0.39, 0.29) is 11.6 Å². The van der Waals surface area contributed by atoms with Crippen LogP contribution in [0.15, 0.2) is 59.8 Å². The van der Waals surface area contributed by atoms with Crippen LogP contribution in [0.3, 0.4) is 0 Å². The fourth-order valence-corrected chi connectivity index (χ4v) is 4.15. The Bertz CT molecular complexity index is 1010. The number of rotatable bonds is 0. The quantitative estimate of drug-likeness (QED) is 0.807. The summed E-state index contributed by atoms with van der Waals surface area (Å²) in [4.78, 5) is 0. The van der Waals surface area contributed by atoms with Crippen LogP contribution in [0.1, 0.15) is 23.0 Å². The molecule has 2 aliphatic carbocycles. The first-order valence-corrected chi connectivity index (χ1v) is 7.60. The summed E-state index contributed by atoms with van der Waals surface area (Å²) in [6.45, 7) is 0. The Kier molecular flexibility index (Phi) is 2.77. The van der Waals surface area contributed by atoms with Gasteiger partial charge in [0.15, 0.2) is 5.41 Å². The summed E-state index contributed by atoms with van der Waals surface area (Å²) in [6.07, 6.45) is 0. The number of fused-ring (bicyclic) bond motifs is 6. The monoisotopic (exact) mass is 308 g/mol. The van der Waals surface area contributed by atoms with Crippen LogP contribution in [0.4, 0.5) is 0 Å². The predicted octanol–water partition coefficient (Wildman–Crippen LogP) is 3.32. The summed E-state index contributed by atoms with van der Waals surface area (Å²) < 4.78 is 0. The maximum absolute atomic E-state index is 9.82. The minimum absolute atomic E-state index is 0.0940. The average molecular weight is 308 g/mol. The van der Waals surface area contributed by atoms with Crippen molar-refractivity contribution in [3.63, 3.8) is 0 Å². The van der Waals surface area contributed by atoms with Crippen LogP contribution in [0.5, 0.6) is 0 Å². The summed E-state index contributed by atoms with van der Waals surface area (Å²) >= 11 is 0. The minimum Gasteiger partial charge on any atom is -0.399 e. The third-order valence-electron chi connectivity index (χ3n) is 5.18. The van der Waals surface area contributed by atoms with E-state index in [4.69, 9.17) is 5.73 Å². The van der Waals surface area contributed by atoms with Crippen molar-refractivity contribution in [2.45, 2.75) is 11.8 Å². The van der Waals surface area contributed by atoms with Crippen molar-refractivity contribution in [2.24, 2.45) is 11.1 Å². The Morgan fingerprint density at radius 2 is 1.38 bits per heavy atom. The van der Waals surface area contributed by atoms with E-state index in [9.17, 15) is 15.8 Å². The number of hydrogen-bond donors (Lipinski definition) is 1. The highest BCUT2D eigenvalue weighted by molar-refractivity contribution is 5.79. The number of benzene rings is 2. The predicted molar refractivity (Wildman–Crippen MR) is 87.8 cm³/mol. The van der Waals surface area contributed by atoms with E-state index in [0.717, 1.165) is 22.3 Å². The number of nitrogens with zero attached hydrogens (tertiary/aromatic N) is 3. The van der Waals surface area contributed by atoms with E-state index in [1.54, 1.807) is 0 Å². The molecule has 0 amide bonds. The Morgan fingerprint density at radius 1 is 0.833 bits per heavy atom. The first kappa shape index (κ1) is 14.1. The molecule has 4 nitrogen and oxygen atoms in total. The van der Waals surface area contributed by atoms with Crippen molar-refractivity contribution < 1.29 is 0 Å². The van der Waals surface area contributed by atoms with Gasteiger partial charge in [-0.25, -0.2) is 0 Å². The molecule has 0 saturated carbocycles. The van der Waals surface area contributed by atoms with E-state index in [0.29, 0.717) is 5.57 Å². The van der Waals surface area contributed by atoms with Crippen LogP contribution < -0.4 is 5.73 Å². The van der Waals surface area contributed by atoms with Gasteiger partial charge in [0.25, 0.3) is 0 Å². The maximum atomic E-state index is 9.82. The molecule has 112 valence electrons. The minimum atomic E-state index is -1.51. The Labute approximate surface area is 139 Å². The summed E-state index contributed by atoms with van der Waals surface area (Å²) in [5, 5.41) is 29.3. The highest BCUT2D eigenvalue weighted by atomic mass is 14.7. The van der Waals surface area contributed by atoms with Crippen molar-refractivity contribution in [1.82, 2.24) is 0 Å². The fraction of sp³-hybridized carbons (Fsp3) is 0.150. The normalized spacial score (nSPS) is 22.4. The van der Waals surface area contributed by atoms with Gasteiger partial charge >= 0.3 is 0 Å². The Hall–Kier alpha value is -3.55. The van der Waals surface area contributed by atoms with E-state index in [1.807, 2.05) is 48.5 Å². The van der Waals surface area contributed by atoms with Gasteiger partial charge in [-0.1, -0.05) is 48.5 Å². The summed E-state index contributed by atoms with van der Waals surface area (Å²) in [6, 6.07) is 22.0. The second-order valence-electron chi connectivity index (χ2n) is 6.10. The van der Waals surface area contributed by atoms with Gasteiger partial charge in [0.1, 0.15) is 0 Å². The third kappa shape index (κ3) is 1.44. The van der Waals surface area contributed by atoms with Crippen LogP contribution >= 0.6 is 0 Å². The lowest BCUT2D eigenvalue weighted by Gasteiger charge is -2.35. The smallest absolute Gasteiger partial charge is 0.191 e. The molecule has 0 saturated heterocycles. The lowest BCUT2D eigenvalue weighted by atomic mass is 9.64. The van der Waals surface area contributed by atoms with Crippen LogP contribution in [0.2, 0.25) is 0 Å². The molecule has 4 heteroatoms. The van der Waals surface area contributed by atoms with Gasteiger partial charge in [-0.05, 0) is 22.3 Å². The second kappa shape index (κ2) is 4.72. The summed E-state index contributed by atoms with van der Waals surface area (Å²) in [5.41, 5.74) is 8.97. The molecule has 0 fully saturated rings. The number of nitrogens with two attached hydrogens (primary N) is 1. The zero-order valence-corrected chi connectivity index (χ0v) is 12.7. The largest absolute Gasteiger partial charge is 0.399 e. The first-order chi connectivity index (χ1) is 11.7. The highest BCUT2D eigenvalue weighted by Gasteiger charge is 2.58. The molecule has 0 radical (unpaired) electrons. The summed E-state index contributed by atoms with van der Waals surface area (Å²) in [5.74, 6) is -0.825. The van der Waals surface area contributed by atoms with Crippen molar-refractivity contribution in [3.05, 3.63) is 70.9 Å². The van der Waals surface area contributed by atoms with Crippen molar-refractivity contribution >= 4 is 0 Å². The number of nitriles is 3. The van der Waals surface area contributed by atoms with Gasteiger partial charge in [-0.2, -0.15) is 15.8 Å². The van der Waals surface area contributed by atoms with E-state index < -0.39 is 11.3 Å². The zero-order valence-electron chi connectivity index (χ0n) is 12.7. The molecule has 2 aromatic rings. The molecule has 2 unspecified atom stereocenters. The number of hydrogen-bond acceptors (Lipinski definition) is 4. The SMILES string of the molecule is N#CC1=C(N)C(C#N)(C#N)C2c3ccccc3-c3ccccc3C12. The van der Waals surface area contributed by atoms with E-state index in [1.165, 1.54) is 0 Å². The lowest BCUT2D eigenvalue weighted by molar-refractivity contribution is 0.472. The molecule has 2 aromatic carbocycles. The topological polar surface area (TPSA) is 97.4 Å². The van der Waals surface area contributed by atoms with Crippen molar-refractivity contribution in [2.75, 3.05) is 0 Å². The van der Waals surface area contributed by atoms with Gasteiger partial charge in [0.05, 0.1) is 29.5 Å². The standard InChI is InChI=1S/C20H12N4/c21-9-16-17-14-7-3-1-5-12(14)13-6-2-4-8-15(13)18(17)20(10-22,11-23)19(16)24/h1-8,17-18H,24H2. The van der Waals surface area contributed by atoms with Gasteiger partial charge in [0.2, 0.25) is 0 Å². The molecule has 2 atom stereocenters. The molecule has 24 heavy (non-hydrogen) atoms. The van der Waals surface area contributed by atoms with Crippen LogP contribution in [-0.4, -0.2) is 0 Å². The highest BCUT2D eigenvalue weighted by Crippen LogP contribution is 2.62. The molecule has 4 rings (SSSR count). The molecule has 2 aliphatic rings. The zero-order chi connectivity index (χ0) is 16.9. The van der Waals surface area contributed by atoms with Crippen LogP contribution in [0, 0.1) is 39.4 Å². The molecule has 2 N–H and O–H groups in total. The molecule has 0 heterocycles. The fourth-order valence-electron chi connectivity index (χ4n) is 4.15. The van der Waals surface area contributed by atoms with Gasteiger partial charge in [-0.15, -0.1) is 0 Å². The third-order valence-corrected chi connectivity index (χ3v) is 5.18. The van der Waals surface area contributed by atoms with Crippen molar-refractivity contribution in [3.8, 4) is 29.3 Å². The lowest BCUT2D eigenvalue weighted by Crippen LogP contribution is -2.31. The van der Waals surface area contributed by atoms with Crippen LogP contribution in [-0.2, 0) is 0 Å². The Balaban J connectivity index is 2.15. The summed E-state index contributed by atoms with van der Waals surface area (Å²) in [7, 11) is 0. The van der Waals surface area contributed by atoms with Gasteiger partial charge in [0, 0.05) is 11.8 Å². The van der Waals surface area contributed by atoms with Gasteiger partial charge in [-0.3, -0.25) is 0 Å². The Morgan fingerprint density at radius 3 is 1.96 bits per heavy atom. The average Bonchev–Trinajstić information content (AvgIpc) is 2.90.